The van der Waals surface area contributed by atoms with Crippen LogP contribution in [0.1, 0.15) is 31.7 Å². The van der Waals surface area contributed by atoms with Crippen LogP contribution in [-0.4, -0.2) is 29.9 Å². The van der Waals surface area contributed by atoms with Crippen molar-refractivity contribution in [3.8, 4) is 0 Å². The van der Waals surface area contributed by atoms with Crippen LogP contribution < -0.4 is 11.2 Å². The first kappa shape index (κ1) is 18.1. The van der Waals surface area contributed by atoms with Gasteiger partial charge in [-0.25, -0.2) is 9.78 Å². The van der Waals surface area contributed by atoms with E-state index >= 15 is 0 Å². The zero-order valence-electron chi connectivity index (χ0n) is 15.1. The Morgan fingerprint density at radius 1 is 1.12 bits per heavy atom. The van der Waals surface area contributed by atoms with Crippen molar-refractivity contribution in [3.63, 3.8) is 0 Å². The Morgan fingerprint density at radius 3 is 2.54 bits per heavy atom. The van der Waals surface area contributed by atoms with Crippen molar-refractivity contribution >= 4 is 11.2 Å². The molecule has 3 rings (SSSR count). The summed E-state index contributed by atoms with van der Waals surface area (Å²) in [4.78, 5) is 30.1. The predicted molar refractivity (Wildman–Crippen MR) is 100 cm³/mol. The van der Waals surface area contributed by atoms with Crippen molar-refractivity contribution in [3.05, 3.63) is 63.1 Å². The third-order valence-electron chi connectivity index (χ3n) is 4.52. The highest BCUT2D eigenvalue weighted by Gasteiger charge is 2.17. The first-order valence-electron chi connectivity index (χ1n) is 8.85. The van der Waals surface area contributed by atoms with Crippen LogP contribution in [0, 0.1) is 0 Å². The Bertz CT molecular complexity index is 999. The third-order valence-corrected chi connectivity index (χ3v) is 4.52. The van der Waals surface area contributed by atoms with Crippen molar-refractivity contribution in [2.75, 3.05) is 0 Å². The van der Waals surface area contributed by atoms with E-state index in [9.17, 15) is 14.7 Å². The molecule has 26 heavy (non-hydrogen) atoms. The van der Waals surface area contributed by atoms with Crippen molar-refractivity contribution < 1.29 is 5.11 Å². The van der Waals surface area contributed by atoms with E-state index in [1.54, 1.807) is 29.4 Å². The molecular weight excluding hydrogens is 332 g/mol. The van der Waals surface area contributed by atoms with E-state index in [1.165, 1.54) is 4.57 Å². The van der Waals surface area contributed by atoms with Crippen molar-refractivity contribution in [2.24, 2.45) is 7.05 Å². The topological polar surface area (TPSA) is 82.1 Å². The van der Waals surface area contributed by atoms with Crippen LogP contribution >= 0.6 is 0 Å². The van der Waals surface area contributed by atoms with E-state index in [0.29, 0.717) is 37.1 Å². The Kier molecular flexibility index (Phi) is 5.37. The van der Waals surface area contributed by atoms with Crippen molar-refractivity contribution in [2.45, 2.75) is 45.4 Å². The number of nitrogens with zero attached hydrogens (tertiary/aromatic N) is 4. The summed E-state index contributed by atoms with van der Waals surface area (Å²) in [5, 5.41) is 9.37. The maximum absolute atomic E-state index is 13.0. The summed E-state index contributed by atoms with van der Waals surface area (Å²) in [6.45, 7) is 2.43. The zero-order chi connectivity index (χ0) is 18.7. The number of fused-ring (bicyclic) bond motifs is 1. The zero-order valence-corrected chi connectivity index (χ0v) is 15.1. The molecule has 0 unspecified atom stereocenters. The summed E-state index contributed by atoms with van der Waals surface area (Å²) in [6, 6.07) is 9.65. The quantitative estimate of drug-likeness (QED) is 0.651. The lowest BCUT2D eigenvalue weighted by Crippen LogP contribution is -2.40. The molecule has 0 radical (unpaired) electrons. The highest BCUT2D eigenvalue weighted by Crippen LogP contribution is 2.09. The monoisotopic (exact) mass is 356 g/mol. The highest BCUT2D eigenvalue weighted by atomic mass is 16.3. The number of hydrogen-bond acceptors (Lipinski definition) is 4. The molecule has 0 bridgehead atoms. The number of aliphatic hydroxyl groups excluding tert-OH is 1. The molecule has 1 aromatic carbocycles. The average Bonchev–Trinajstić information content (AvgIpc) is 3.00. The Labute approximate surface area is 151 Å². The fourth-order valence-electron chi connectivity index (χ4n) is 3.13. The number of aryl methyl sites for hydroxylation is 1. The van der Waals surface area contributed by atoms with Gasteiger partial charge in [0, 0.05) is 13.6 Å². The first-order valence-corrected chi connectivity index (χ1v) is 8.85. The fraction of sp³-hybridized carbons (Fsp3) is 0.421. The van der Waals surface area contributed by atoms with Gasteiger partial charge in [0.2, 0.25) is 0 Å². The number of unbranched alkanes of at least 4 members (excludes halogenated alkanes) is 1. The number of rotatable bonds is 7. The summed E-state index contributed by atoms with van der Waals surface area (Å²) in [5.74, 6) is 0. The lowest BCUT2D eigenvalue weighted by Gasteiger charge is -2.12. The molecule has 0 aliphatic heterocycles. The van der Waals surface area contributed by atoms with E-state index in [-0.39, 0.29) is 17.4 Å². The summed E-state index contributed by atoms with van der Waals surface area (Å²) in [5.41, 5.74) is 1.15. The summed E-state index contributed by atoms with van der Waals surface area (Å²) in [7, 11) is 1.76. The van der Waals surface area contributed by atoms with Gasteiger partial charge in [-0.3, -0.25) is 13.9 Å². The van der Waals surface area contributed by atoms with Crippen molar-refractivity contribution in [1.82, 2.24) is 18.7 Å². The van der Waals surface area contributed by atoms with Gasteiger partial charge in [0.15, 0.2) is 11.2 Å². The first-order chi connectivity index (χ1) is 12.5. The number of aliphatic hydroxyl groups is 1. The van der Waals surface area contributed by atoms with Gasteiger partial charge in [-0.05, 0) is 31.7 Å². The lowest BCUT2D eigenvalue weighted by molar-refractivity contribution is 0.180. The predicted octanol–water partition coefficient (Wildman–Crippen LogP) is 1.50. The Hall–Kier alpha value is -2.67. The molecule has 7 heteroatoms. The van der Waals surface area contributed by atoms with Crippen LogP contribution in [0.15, 0.2) is 46.2 Å². The second kappa shape index (κ2) is 7.70. The van der Waals surface area contributed by atoms with E-state index in [1.807, 2.05) is 30.3 Å². The molecule has 3 aromatic rings. The summed E-state index contributed by atoms with van der Waals surface area (Å²) >= 11 is 0. The Morgan fingerprint density at radius 2 is 1.85 bits per heavy atom. The molecule has 7 nitrogen and oxygen atoms in total. The van der Waals surface area contributed by atoms with E-state index in [4.69, 9.17) is 0 Å². The highest BCUT2D eigenvalue weighted by molar-refractivity contribution is 5.70. The molecule has 0 aliphatic carbocycles. The minimum atomic E-state index is -0.374. The second-order valence-electron chi connectivity index (χ2n) is 6.68. The fourth-order valence-corrected chi connectivity index (χ4v) is 3.13. The van der Waals surface area contributed by atoms with Crippen LogP contribution in [0.5, 0.6) is 0 Å². The average molecular weight is 356 g/mol. The van der Waals surface area contributed by atoms with Crippen LogP contribution in [0.4, 0.5) is 0 Å². The number of imidazole rings is 1. The number of aromatic nitrogens is 4. The number of hydrogen-bond donors (Lipinski definition) is 1. The maximum atomic E-state index is 13.0. The van der Waals surface area contributed by atoms with Gasteiger partial charge < -0.3 is 9.67 Å². The molecular formula is C19H24N4O3. The molecule has 0 fully saturated rings. The van der Waals surface area contributed by atoms with E-state index in [2.05, 4.69) is 4.98 Å². The van der Waals surface area contributed by atoms with Gasteiger partial charge in [-0.1, -0.05) is 30.3 Å². The minimum Gasteiger partial charge on any atom is -0.393 e. The molecule has 0 amide bonds. The van der Waals surface area contributed by atoms with Gasteiger partial charge in [0.05, 0.1) is 19.0 Å². The molecule has 1 atom stereocenters. The van der Waals surface area contributed by atoms with Crippen LogP contribution in [0.2, 0.25) is 0 Å². The SMILES string of the molecule is C[C@@H](O)CCCCn1c(=O)c2c(ncn2C)n(Cc2ccccc2)c1=O. The Balaban J connectivity index is 2.03. The largest absolute Gasteiger partial charge is 0.393 e. The molecule has 0 aliphatic rings. The molecule has 138 valence electrons. The minimum absolute atomic E-state index is 0.314. The number of benzene rings is 1. The van der Waals surface area contributed by atoms with Crippen molar-refractivity contribution in [1.29, 1.82) is 0 Å². The smallest absolute Gasteiger partial charge is 0.333 e. The normalized spacial score (nSPS) is 12.6. The van der Waals surface area contributed by atoms with Gasteiger partial charge in [0.25, 0.3) is 5.56 Å². The van der Waals surface area contributed by atoms with Crippen LogP contribution in [0.25, 0.3) is 11.2 Å². The molecule has 2 aromatic heterocycles. The molecule has 2 heterocycles. The second-order valence-corrected chi connectivity index (χ2v) is 6.68. The van der Waals surface area contributed by atoms with Crippen LogP contribution in [-0.2, 0) is 20.1 Å². The summed E-state index contributed by atoms with van der Waals surface area (Å²) < 4.78 is 4.50. The summed E-state index contributed by atoms with van der Waals surface area (Å²) in [6.07, 6.45) is 3.26. The standard InChI is InChI=1S/C19H24N4O3/c1-14(24)8-6-7-11-22-18(25)16-17(20-13-21(16)2)23(19(22)26)12-15-9-4-3-5-10-15/h3-5,9-10,13-14,24H,6-8,11-12H2,1-2H3/t14-/m1/s1. The lowest BCUT2D eigenvalue weighted by atomic mass is 10.2. The molecule has 0 saturated carbocycles. The van der Waals surface area contributed by atoms with E-state index < -0.39 is 0 Å². The molecule has 1 N–H and O–H groups in total. The molecule has 0 saturated heterocycles. The van der Waals surface area contributed by atoms with Gasteiger partial charge in [-0.2, -0.15) is 0 Å². The van der Waals surface area contributed by atoms with Gasteiger partial charge in [0.1, 0.15) is 0 Å². The van der Waals surface area contributed by atoms with Crippen LogP contribution in [0.3, 0.4) is 0 Å². The van der Waals surface area contributed by atoms with Gasteiger partial charge in [-0.15, -0.1) is 0 Å². The maximum Gasteiger partial charge on any atom is 0.333 e. The third kappa shape index (κ3) is 3.62. The molecule has 0 spiro atoms. The van der Waals surface area contributed by atoms with Gasteiger partial charge >= 0.3 is 5.69 Å². The van der Waals surface area contributed by atoms with E-state index in [0.717, 1.165) is 12.0 Å².